The van der Waals surface area contributed by atoms with Gasteiger partial charge in [0.2, 0.25) is 0 Å². The molecule has 1 N–H and O–H groups in total. The van der Waals surface area contributed by atoms with E-state index in [1.54, 1.807) is 27.5 Å². The summed E-state index contributed by atoms with van der Waals surface area (Å²) >= 11 is 6.26. The van der Waals surface area contributed by atoms with Gasteiger partial charge in [0, 0.05) is 25.5 Å². The highest BCUT2D eigenvalue weighted by molar-refractivity contribution is 6.33. The quantitative estimate of drug-likeness (QED) is 0.543. The van der Waals surface area contributed by atoms with Gasteiger partial charge in [-0.15, -0.1) is 0 Å². The van der Waals surface area contributed by atoms with Crippen LogP contribution in [0.1, 0.15) is 36.7 Å². The van der Waals surface area contributed by atoms with Crippen LogP contribution in [0.15, 0.2) is 29.6 Å². The fourth-order valence-electron chi connectivity index (χ4n) is 4.22. The summed E-state index contributed by atoms with van der Waals surface area (Å²) in [4.78, 5) is 27.1. The molecule has 0 aromatic carbocycles. The summed E-state index contributed by atoms with van der Waals surface area (Å²) in [5, 5.41) is 15.4. The van der Waals surface area contributed by atoms with E-state index in [0.717, 1.165) is 25.8 Å². The van der Waals surface area contributed by atoms with Gasteiger partial charge >= 0.3 is 0 Å². The first-order chi connectivity index (χ1) is 14.7. The van der Waals surface area contributed by atoms with E-state index < -0.39 is 0 Å². The Bertz CT molecular complexity index is 1410. The predicted molar refractivity (Wildman–Crippen MR) is 110 cm³/mol. The average molecular weight is 421 g/mol. The van der Waals surface area contributed by atoms with Crippen molar-refractivity contribution in [1.29, 1.82) is 5.26 Å². The van der Waals surface area contributed by atoms with E-state index in [2.05, 4.69) is 25.9 Å². The Morgan fingerprint density at radius 2 is 2.17 bits per heavy atom. The maximum Gasteiger partial charge on any atom is 0.279 e. The number of halogens is 1. The van der Waals surface area contributed by atoms with Gasteiger partial charge in [-0.25, -0.2) is 14.5 Å². The lowest BCUT2D eigenvalue weighted by molar-refractivity contribution is 0.399. The molecule has 1 saturated carbocycles. The van der Waals surface area contributed by atoms with E-state index in [1.165, 1.54) is 6.33 Å². The third-order valence-electron chi connectivity index (χ3n) is 6.05. The molecule has 1 atom stereocenters. The molecule has 10 heteroatoms. The SMILES string of the molecule is N#Cc1c[nH]c2ncnc(N3CC[C@H]3c3nn4ccc(Cl)c4c(=O)n3CC3CC3)c12. The van der Waals surface area contributed by atoms with Crippen molar-refractivity contribution in [2.24, 2.45) is 5.92 Å². The molecule has 5 heterocycles. The highest BCUT2D eigenvalue weighted by Crippen LogP contribution is 2.40. The zero-order chi connectivity index (χ0) is 20.4. The molecule has 6 rings (SSSR count). The van der Waals surface area contributed by atoms with Gasteiger partial charge in [-0.05, 0) is 31.2 Å². The van der Waals surface area contributed by atoms with E-state index in [4.69, 9.17) is 16.7 Å². The lowest BCUT2D eigenvalue weighted by Gasteiger charge is -2.42. The molecule has 4 aromatic rings. The van der Waals surface area contributed by atoms with E-state index >= 15 is 0 Å². The second kappa shape index (κ2) is 6.31. The van der Waals surface area contributed by atoms with Crippen LogP contribution < -0.4 is 10.5 Å². The van der Waals surface area contributed by atoms with Crippen LogP contribution in [-0.2, 0) is 6.54 Å². The minimum Gasteiger partial charge on any atom is -0.345 e. The van der Waals surface area contributed by atoms with Gasteiger partial charge in [0.1, 0.15) is 29.4 Å². The zero-order valence-electron chi connectivity index (χ0n) is 15.9. The van der Waals surface area contributed by atoms with Crippen molar-refractivity contribution in [3.05, 3.63) is 51.6 Å². The van der Waals surface area contributed by atoms with Crippen LogP contribution in [0.3, 0.4) is 0 Å². The third kappa shape index (κ3) is 2.47. The number of rotatable bonds is 4. The van der Waals surface area contributed by atoms with Gasteiger partial charge in [0.05, 0.1) is 22.0 Å². The second-order valence-corrected chi connectivity index (χ2v) is 8.31. The minimum atomic E-state index is -0.110. The van der Waals surface area contributed by atoms with Crippen molar-refractivity contribution in [3.63, 3.8) is 0 Å². The number of H-pyrrole nitrogens is 1. The molecule has 0 spiro atoms. The zero-order valence-corrected chi connectivity index (χ0v) is 16.7. The molecular formula is C20H17ClN8O. The topological polar surface area (TPSA) is 108 Å². The Morgan fingerprint density at radius 1 is 1.30 bits per heavy atom. The number of aromatic nitrogens is 6. The number of aromatic amines is 1. The molecular weight excluding hydrogens is 404 g/mol. The Balaban J connectivity index is 1.51. The van der Waals surface area contributed by atoms with Crippen LogP contribution in [0.25, 0.3) is 16.6 Å². The fourth-order valence-corrected chi connectivity index (χ4v) is 4.45. The molecule has 1 aliphatic carbocycles. The molecule has 0 radical (unpaired) electrons. The maximum absolute atomic E-state index is 13.3. The fraction of sp³-hybridized carbons (Fsp3) is 0.350. The van der Waals surface area contributed by atoms with E-state index in [0.29, 0.717) is 51.2 Å². The van der Waals surface area contributed by atoms with Crippen molar-refractivity contribution in [1.82, 2.24) is 29.1 Å². The number of hydrogen-bond donors (Lipinski definition) is 1. The predicted octanol–water partition coefficient (Wildman–Crippen LogP) is 2.65. The summed E-state index contributed by atoms with van der Waals surface area (Å²) in [7, 11) is 0. The standard InChI is InChI=1S/C20H17ClN8O/c21-13-3-6-29-16(13)20(30)28(9-11-1-2-11)18(26-29)14-4-5-27(14)19-15-12(7-22)8-23-17(15)24-10-25-19/h3,6,8,10-11,14H,1-2,4-5,9H2,(H,23,24,25)/t14-/m0/s1. The van der Waals surface area contributed by atoms with Crippen LogP contribution in [0.4, 0.5) is 5.82 Å². The smallest absolute Gasteiger partial charge is 0.279 e. The number of nitriles is 1. The Hall–Kier alpha value is -3.38. The van der Waals surface area contributed by atoms with Crippen LogP contribution in [-0.4, -0.2) is 35.7 Å². The van der Waals surface area contributed by atoms with Crippen molar-refractivity contribution in [2.75, 3.05) is 11.4 Å². The Morgan fingerprint density at radius 3 is 2.90 bits per heavy atom. The van der Waals surface area contributed by atoms with Crippen molar-refractivity contribution in [3.8, 4) is 6.07 Å². The second-order valence-electron chi connectivity index (χ2n) is 7.91. The first kappa shape index (κ1) is 17.5. The lowest BCUT2D eigenvalue weighted by Crippen LogP contribution is -2.45. The molecule has 2 aliphatic rings. The first-order valence-electron chi connectivity index (χ1n) is 9.92. The largest absolute Gasteiger partial charge is 0.345 e. The molecule has 4 aromatic heterocycles. The summed E-state index contributed by atoms with van der Waals surface area (Å²) in [6, 6.07) is 3.79. The number of nitrogens with zero attached hydrogens (tertiary/aromatic N) is 7. The minimum absolute atomic E-state index is 0.110. The van der Waals surface area contributed by atoms with E-state index in [-0.39, 0.29) is 11.6 Å². The monoisotopic (exact) mass is 420 g/mol. The van der Waals surface area contributed by atoms with E-state index in [1.807, 2.05) is 0 Å². The average Bonchev–Trinajstić information content (AvgIpc) is 3.31. The van der Waals surface area contributed by atoms with Crippen molar-refractivity contribution in [2.45, 2.75) is 31.8 Å². The van der Waals surface area contributed by atoms with Gasteiger partial charge in [0.15, 0.2) is 5.82 Å². The summed E-state index contributed by atoms with van der Waals surface area (Å²) in [5.41, 5.74) is 1.43. The summed E-state index contributed by atoms with van der Waals surface area (Å²) in [5.74, 6) is 1.90. The molecule has 150 valence electrons. The highest BCUT2D eigenvalue weighted by atomic mass is 35.5. The normalized spacial score (nSPS) is 18.7. The summed E-state index contributed by atoms with van der Waals surface area (Å²) < 4.78 is 3.36. The van der Waals surface area contributed by atoms with Gasteiger partial charge in [0.25, 0.3) is 5.56 Å². The van der Waals surface area contributed by atoms with Gasteiger partial charge < -0.3 is 9.88 Å². The van der Waals surface area contributed by atoms with Crippen molar-refractivity contribution < 1.29 is 0 Å². The first-order valence-corrected chi connectivity index (χ1v) is 10.3. The lowest BCUT2D eigenvalue weighted by atomic mass is 10.0. The van der Waals surface area contributed by atoms with Gasteiger partial charge in [-0.2, -0.15) is 10.4 Å². The molecule has 2 fully saturated rings. The molecule has 0 amide bonds. The van der Waals surface area contributed by atoms with Crippen LogP contribution in [0.2, 0.25) is 5.02 Å². The van der Waals surface area contributed by atoms with Crippen LogP contribution in [0, 0.1) is 17.2 Å². The molecule has 9 nitrogen and oxygen atoms in total. The number of anilines is 1. The summed E-state index contributed by atoms with van der Waals surface area (Å²) in [6.45, 7) is 1.41. The Kier molecular flexibility index (Phi) is 3.67. The highest BCUT2D eigenvalue weighted by Gasteiger charge is 2.37. The Labute approximate surface area is 175 Å². The van der Waals surface area contributed by atoms with Gasteiger partial charge in [-0.3, -0.25) is 9.36 Å². The van der Waals surface area contributed by atoms with Gasteiger partial charge in [-0.1, -0.05) is 11.6 Å². The maximum atomic E-state index is 13.3. The van der Waals surface area contributed by atoms with Crippen molar-refractivity contribution >= 4 is 34.0 Å². The molecule has 1 aliphatic heterocycles. The molecule has 0 unspecified atom stereocenters. The van der Waals surface area contributed by atoms with E-state index in [9.17, 15) is 10.1 Å². The number of fused-ring (bicyclic) bond motifs is 2. The number of hydrogen-bond acceptors (Lipinski definition) is 6. The van der Waals surface area contributed by atoms with Crippen LogP contribution >= 0.6 is 11.6 Å². The summed E-state index contributed by atoms with van der Waals surface area (Å²) in [6.07, 6.45) is 7.95. The molecule has 30 heavy (non-hydrogen) atoms. The molecule has 0 bridgehead atoms. The molecule has 1 saturated heterocycles. The number of nitrogens with one attached hydrogen (secondary N) is 1. The third-order valence-corrected chi connectivity index (χ3v) is 6.35. The van der Waals surface area contributed by atoms with Crippen LogP contribution in [0.5, 0.6) is 0 Å².